The molecule has 0 radical (unpaired) electrons. The highest BCUT2D eigenvalue weighted by Gasteiger charge is 2.26. The summed E-state index contributed by atoms with van der Waals surface area (Å²) in [6, 6.07) is 16.1. The Hall–Kier alpha value is -3.07. The van der Waals surface area contributed by atoms with Gasteiger partial charge in [0.1, 0.15) is 11.8 Å². The van der Waals surface area contributed by atoms with Gasteiger partial charge in [0.2, 0.25) is 21.8 Å². The second-order valence-corrected chi connectivity index (χ2v) is 10.9. The minimum Gasteiger partial charge on any atom is -0.494 e. The van der Waals surface area contributed by atoms with E-state index in [1.54, 1.807) is 36.1 Å². The highest BCUT2D eigenvalue weighted by atomic mass is 32.2. The van der Waals surface area contributed by atoms with E-state index in [0.29, 0.717) is 44.0 Å². The van der Waals surface area contributed by atoms with E-state index < -0.39 is 16.1 Å². The zero-order valence-electron chi connectivity index (χ0n) is 22.5. The van der Waals surface area contributed by atoms with Crippen LogP contribution in [0.4, 0.5) is 5.69 Å². The molecule has 0 saturated carbocycles. The average Bonchev–Trinajstić information content (AvgIpc) is 2.87. The van der Waals surface area contributed by atoms with Crippen LogP contribution in [-0.4, -0.2) is 63.7 Å². The third-order valence-corrected chi connectivity index (χ3v) is 7.26. The van der Waals surface area contributed by atoms with Crippen LogP contribution in [0.2, 0.25) is 0 Å². The van der Waals surface area contributed by atoms with Crippen LogP contribution < -0.4 is 14.4 Å². The Bertz CT molecular complexity index is 1070. The fourth-order valence-corrected chi connectivity index (χ4v) is 4.95. The summed E-state index contributed by atoms with van der Waals surface area (Å²) >= 11 is 0. The third-order valence-electron chi connectivity index (χ3n) is 6.07. The Morgan fingerprint density at radius 2 is 1.65 bits per heavy atom. The largest absolute Gasteiger partial charge is 0.494 e. The standard InChI is InChI=1S/C28H41N3O5S/c1-5-7-20-29-28(33)23(3)30(22-19-24-12-9-8-10-13-24)27(32)14-11-21-31(37(4,34)35)25-15-17-26(18-16-25)36-6-2/h8-10,12-13,15-18,23H,5-7,11,14,19-22H2,1-4H3,(H,29,33)/t23-/m1/s1. The molecule has 0 aliphatic rings. The summed E-state index contributed by atoms with van der Waals surface area (Å²) in [5.41, 5.74) is 1.60. The van der Waals surface area contributed by atoms with E-state index in [2.05, 4.69) is 12.2 Å². The molecule has 0 aromatic heterocycles. The number of carbonyl (C=O) groups is 2. The number of nitrogens with one attached hydrogen (secondary N) is 1. The van der Waals surface area contributed by atoms with Crippen LogP contribution in [0.25, 0.3) is 0 Å². The van der Waals surface area contributed by atoms with Crippen LogP contribution in [0.15, 0.2) is 54.6 Å². The fraction of sp³-hybridized carbons (Fsp3) is 0.500. The van der Waals surface area contributed by atoms with Gasteiger partial charge in [-0.05, 0) is 62.9 Å². The zero-order valence-corrected chi connectivity index (χ0v) is 23.3. The van der Waals surface area contributed by atoms with Crippen LogP contribution in [0.3, 0.4) is 0 Å². The lowest BCUT2D eigenvalue weighted by molar-refractivity contribution is -0.139. The number of benzene rings is 2. The van der Waals surface area contributed by atoms with Crippen molar-refractivity contribution in [3.05, 3.63) is 60.2 Å². The van der Waals surface area contributed by atoms with E-state index in [4.69, 9.17) is 4.74 Å². The highest BCUT2D eigenvalue weighted by molar-refractivity contribution is 7.92. The van der Waals surface area contributed by atoms with Crippen molar-refractivity contribution in [1.82, 2.24) is 10.2 Å². The maximum Gasteiger partial charge on any atom is 0.242 e. The molecule has 9 heteroatoms. The third kappa shape index (κ3) is 10.1. The minimum atomic E-state index is -3.55. The van der Waals surface area contributed by atoms with E-state index in [-0.39, 0.29) is 24.8 Å². The van der Waals surface area contributed by atoms with Crippen molar-refractivity contribution >= 4 is 27.5 Å². The molecule has 0 saturated heterocycles. The van der Waals surface area contributed by atoms with E-state index in [1.165, 1.54) is 4.31 Å². The Balaban J connectivity index is 2.08. The van der Waals surface area contributed by atoms with Gasteiger partial charge in [0.25, 0.3) is 0 Å². The molecule has 2 rings (SSSR count). The number of hydrogen-bond acceptors (Lipinski definition) is 5. The quantitative estimate of drug-likeness (QED) is 0.330. The molecule has 1 N–H and O–H groups in total. The van der Waals surface area contributed by atoms with E-state index >= 15 is 0 Å². The van der Waals surface area contributed by atoms with Crippen molar-refractivity contribution in [3.63, 3.8) is 0 Å². The Morgan fingerprint density at radius 3 is 2.24 bits per heavy atom. The first-order valence-corrected chi connectivity index (χ1v) is 14.8. The second-order valence-electron chi connectivity index (χ2n) is 9.01. The number of unbranched alkanes of at least 4 members (excludes halogenated alkanes) is 1. The summed E-state index contributed by atoms with van der Waals surface area (Å²) < 4.78 is 31.7. The van der Waals surface area contributed by atoms with Crippen LogP contribution in [0, 0.1) is 0 Å². The van der Waals surface area contributed by atoms with Crippen molar-refractivity contribution in [2.24, 2.45) is 0 Å². The van der Waals surface area contributed by atoms with Gasteiger partial charge >= 0.3 is 0 Å². The van der Waals surface area contributed by atoms with Crippen LogP contribution in [0.5, 0.6) is 5.75 Å². The summed E-state index contributed by atoms with van der Waals surface area (Å²) in [5, 5.41) is 2.92. The molecule has 0 unspecified atom stereocenters. The lowest BCUT2D eigenvalue weighted by atomic mass is 10.1. The summed E-state index contributed by atoms with van der Waals surface area (Å²) in [6.45, 7) is 7.33. The number of ether oxygens (including phenoxy) is 1. The summed E-state index contributed by atoms with van der Waals surface area (Å²) in [5.74, 6) is 0.311. The first kappa shape index (κ1) is 30.2. The van der Waals surface area contributed by atoms with Gasteiger partial charge in [0.05, 0.1) is 18.6 Å². The van der Waals surface area contributed by atoms with E-state index in [0.717, 1.165) is 24.7 Å². The highest BCUT2D eigenvalue weighted by Crippen LogP contribution is 2.22. The van der Waals surface area contributed by atoms with Crippen molar-refractivity contribution in [3.8, 4) is 5.75 Å². The van der Waals surface area contributed by atoms with Gasteiger partial charge in [-0.1, -0.05) is 43.7 Å². The van der Waals surface area contributed by atoms with Crippen LogP contribution in [-0.2, 0) is 26.0 Å². The molecule has 0 fully saturated rings. The van der Waals surface area contributed by atoms with Gasteiger partial charge in [-0.2, -0.15) is 0 Å². The molecule has 1 atom stereocenters. The number of rotatable bonds is 16. The second kappa shape index (κ2) is 15.2. The Morgan fingerprint density at radius 1 is 0.973 bits per heavy atom. The molecule has 2 aromatic carbocycles. The average molecular weight is 532 g/mol. The lowest BCUT2D eigenvalue weighted by Crippen LogP contribution is -2.49. The molecule has 2 aromatic rings. The van der Waals surface area contributed by atoms with Crippen molar-refractivity contribution in [2.75, 3.05) is 36.8 Å². The molecule has 2 amide bonds. The summed E-state index contributed by atoms with van der Waals surface area (Å²) in [4.78, 5) is 27.6. The van der Waals surface area contributed by atoms with Crippen LogP contribution >= 0.6 is 0 Å². The summed E-state index contributed by atoms with van der Waals surface area (Å²) in [7, 11) is -3.55. The molecule has 37 heavy (non-hydrogen) atoms. The normalized spacial score (nSPS) is 12.0. The first-order chi connectivity index (χ1) is 17.7. The SMILES string of the molecule is CCCCNC(=O)[C@@H](C)N(CCc1ccccc1)C(=O)CCCN(c1ccc(OCC)cc1)S(C)(=O)=O. The Labute approximate surface area is 222 Å². The lowest BCUT2D eigenvalue weighted by Gasteiger charge is -2.29. The molecule has 0 bridgehead atoms. The molecule has 0 heterocycles. The minimum absolute atomic E-state index is 0.129. The number of anilines is 1. The van der Waals surface area contributed by atoms with E-state index in [9.17, 15) is 18.0 Å². The van der Waals surface area contributed by atoms with Crippen molar-refractivity contribution in [2.45, 2.75) is 58.9 Å². The summed E-state index contributed by atoms with van der Waals surface area (Å²) in [6.07, 6.45) is 4.08. The topological polar surface area (TPSA) is 96.0 Å². The smallest absolute Gasteiger partial charge is 0.242 e. The van der Waals surface area contributed by atoms with Gasteiger partial charge in [0.15, 0.2) is 0 Å². The van der Waals surface area contributed by atoms with Gasteiger partial charge in [-0.15, -0.1) is 0 Å². The molecule has 8 nitrogen and oxygen atoms in total. The van der Waals surface area contributed by atoms with Crippen LogP contribution in [0.1, 0.15) is 52.0 Å². The number of hydrogen-bond donors (Lipinski definition) is 1. The van der Waals surface area contributed by atoms with Crippen molar-refractivity contribution < 1.29 is 22.7 Å². The number of carbonyl (C=O) groups excluding carboxylic acids is 2. The van der Waals surface area contributed by atoms with Gasteiger partial charge in [-0.3, -0.25) is 13.9 Å². The maximum absolute atomic E-state index is 13.3. The Kier molecular flexibility index (Phi) is 12.4. The molecular weight excluding hydrogens is 490 g/mol. The molecule has 0 aliphatic carbocycles. The molecule has 0 spiro atoms. The predicted octanol–water partition coefficient (Wildman–Crippen LogP) is 4.01. The fourth-order valence-electron chi connectivity index (χ4n) is 3.99. The van der Waals surface area contributed by atoms with Gasteiger partial charge < -0.3 is 15.0 Å². The van der Waals surface area contributed by atoms with Gasteiger partial charge in [0, 0.05) is 26.1 Å². The van der Waals surface area contributed by atoms with Gasteiger partial charge in [-0.25, -0.2) is 8.42 Å². The maximum atomic E-state index is 13.3. The number of amides is 2. The molecular formula is C28H41N3O5S. The zero-order chi connectivity index (χ0) is 27.3. The first-order valence-electron chi connectivity index (χ1n) is 13.0. The molecule has 204 valence electrons. The predicted molar refractivity (Wildman–Crippen MR) is 148 cm³/mol. The van der Waals surface area contributed by atoms with Crippen molar-refractivity contribution in [1.29, 1.82) is 0 Å². The van der Waals surface area contributed by atoms with E-state index in [1.807, 2.05) is 37.3 Å². The number of sulfonamides is 1. The monoisotopic (exact) mass is 531 g/mol. The molecule has 0 aliphatic heterocycles. The number of nitrogens with zero attached hydrogens (tertiary/aromatic N) is 2.